The minimum atomic E-state index is -0.556. The lowest BCUT2D eigenvalue weighted by Gasteiger charge is -2.29. The normalized spacial score (nSPS) is 13.1. The molecule has 37 heavy (non-hydrogen) atoms. The van der Waals surface area contributed by atoms with Crippen LogP contribution in [0.25, 0.3) is 11.4 Å². The molecule has 0 radical (unpaired) electrons. The number of nitrogens with two attached hydrogens (primary N) is 1. The average Bonchev–Trinajstić information content (AvgIpc) is 2.91. The van der Waals surface area contributed by atoms with E-state index in [1.165, 1.54) is 0 Å². The summed E-state index contributed by atoms with van der Waals surface area (Å²) in [6, 6.07) is 14.8. The van der Waals surface area contributed by atoms with E-state index in [1.807, 2.05) is 54.3 Å². The van der Waals surface area contributed by atoms with Crippen LogP contribution in [0.2, 0.25) is 0 Å². The molecule has 0 spiro atoms. The summed E-state index contributed by atoms with van der Waals surface area (Å²) in [5.41, 5.74) is 8.89. The van der Waals surface area contributed by atoms with Gasteiger partial charge in [0, 0.05) is 24.3 Å². The topological polar surface area (TPSA) is 124 Å². The van der Waals surface area contributed by atoms with Gasteiger partial charge < -0.3 is 35.5 Å². The molecular weight excluding hydrogens is 492 g/mol. The van der Waals surface area contributed by atoms with Gasteiger partial charge in [0.1, 0.15) is 0 Å². The van der Waals surface area contributed by atoms with Gasteiger partial charge in [-0.2, -0.15) is 0 Å². The molecule has 0 aliphatic carbocycles. The predicted octanol–water partition coefficient (Wildman–Crippen LogP) is 3.95. The third-order valence-corrected chi connectivity index (χ3v) is 5.73. The zero-order valence-electron chi connectivity index (χ0n) is 20.8. The summed E-state index contributed by atoms with van der Waals surface area (Å²) in [6.07, 6.45) is 0. The van der Waals surface area contributed by atoms with Gasteiger partial charge in [0.05, 0.1) is 37.8 Å². The van der Waals surface area contributed by atoms with E-state index in [2.05, 4.69) is 15.6 Å². The number of carbonyl (C=O) groups excluding carboxylic acids is 1. The van der Waals surface area contributed by atoms with Crippen molar-refractivity contribution in [2.24, 2.45) is 0 Å². The monoisotopic (exact) mass is 522 g/mol. The van der Waals surface area contributed by atoms with Gasteiger partial charge in [0.25, 0.3) is 0 Å². The van der Waals surface area contributed by atoms with Crippen LogP contribution in [0.1, 0.15) is 24.3 Å². The minimum Gasteiger partial charge on any atom is -0.488 e. The van der Waals surface area contributed by atoms with E-state index in [0.29, 0.717) is 61.1 Å². The zero-order chi connectivity index (χ0) is 26.2. The second-order valence-corrected chi connectivity index (χ2v) is 8.45. The molecule has 4 rings (SSSR count). The summed E-state index contributed by atoms with van der Waals surface area (Å²) < 4.78 is 16.6. The summed E-state index contributed by atoms with van der Waals surface area (Å²) in [7, 11) is 0. The van der Waals surface area contributed by atoms with Crippen molar-refractivity contribution >= 4 is 46.2 Å². The molecule has 1 aliphatic rings. The summed E-state index contributed by atoms with van der Waals surface area (Å²) in [4.78, 5) is 24.2. The highest BCUT2D eigenvalue weighted by atomic mass is 32.1. The molecule has 11 heteroatoms. The van der Waals surface area contributed by atoms with Gasteiger partial charge in [0.15, 0.2) is 28.2 Å². The van der Waals surface area contributed by atoms with Crippen LogP contribution in [0.3, 0.4) is 0 Å². The average molecular weight is 523 g/mol. The fraction of sp³-hybridized carbons (Fsp3) is 0.308. The highest BCUT2D eigenvalue weighted by Crippen LogP contribution is 2.33. The number of nitrogens with one attached hydrogen (secondary N) is 2. The van der Waals surface area contributed by atoms with Crippen molar-refractivity contribution in [1.29, 1.82) is 0 Å². The van der Waals surface area contributed by atoms with Gasteiger partial charge in [-0.05, 0) is 62.5 Å². The molecular formula is C26H30N6O4S. The fourth-order valence-electron chi connectivity index (χ4n) is 3.77. The summed E-state index contributed by atoms with van der Waals surface area (Å²) in [5, 5.41) is 6.63. The Morgan fingerprint density at radius 2 is 1.78 bits per heavy atom. The number of benzene rings is 2. The van der Waals surface area contributed by atoms with Crippen LogP contribution in [0.15, 0.2) is 48.5 Å². The summed E-state index contributed by atoms with van der Waals surface area (Å²) in [5.74, 6) is 0.698. The Balaban J connectivity index is 1.62. The van der Waals surface area contributed by atoms with Gasteiger partial charge in [-0.15, -0.1) is 0 Å². The van der Waals surface area contributed by atoms with E-state index < -0.39 is 5.97 Å². The molecule has 1 saturated heterocycles. The molecule has 0 amide bonds. The van der Waals surface area contributed by atoms with E-state index in [0.717, 1.165) is 16.9 Å². The Hall–Kier alpha value is -3.96. The Kier molecular flexibility index (Phi) is 8.70. The zero-order valence-corrected chi connectivity index (χ0v) is 21.6. The molecule has 194 valence electrons. The Bertz CT molecular complexity index is 1250. The number of esters is 1. The van der Waals surface area contributed by atoms with Gasteiger partial charge in [0.2, 0.25) is 0 Å². The van der Waals surface area contributed by atoms with Gasteiger partial charge in [-0.1, -0.05) is 12.1 Å². The minimum absolute atomic E-state index is 0.100. The Morgan fingerprint density at radius 1 is 1.05 bits per heavy atom. The van der Waals surface area contributed by atoms with Crippen LogP contribution in [0.5, 0.6) is 5.75 Å². The van der Waals surface area contributed by atoms with E-state index in [4.69, 9.17) is 37.1 Å². The Labute approximate surface area is 221 Å². The molecule has 2 heterocycles. The third kappa shape index (κ3) is 6.43. The molecule has 0 bridgehead atoms. The van der Waals surface area contributed by atoms with Gasteiger partial charge in [-0.3, -0.25) is 0 Å². The number of thiocarbonyl (C=S) groups is 1. The largest absolute Gasteiger partial charge is 0.488 e. The van der Waals surface area contributed by atoms with Gasteiger partial charge >= 0.3 is 5.97 Å². The van der Waals surface area contributed by atoms with Crippen LogP contribution in [0.4, 0.5) is 22.9 Å². The first-order valence-electron chi connectivity index (χ1n) is 12.1. The second kappa shape index (κ2) is 12.3. The molecule has 3 aromatic rings. The van der Waals surface area contributed by atoms with Crippen molar-refractivity contribution in [1.82, 2.24) is 9.97 Å². The number of morpholine rings is 1. The van der Waals surface area contributed by atoms with Crippen LogP contribution in [-0.4, -0.2) is 60.6 Å². The number of ether oxygens (including phenoxy) is 3. The first-order valence-corrected chi connectivity index (χ1v) is 12.5. The number of nitrogens with zero attached hydrogens (tertiary/aromatic N) is 3. The van der Waals surface area contributed by atoms with Crippen molar-refractivity contribution in [3.63, 3.8) is 0 Å². The lowest BCUT2D eigenvalue weighted by Crippen LogP contribution is -2.37. The second-order valence-electron chi connectivity index (χ2n) is 8.05. The number of aromatic nitrogens is 2. The van der Waals surface area contributed by atoms with Crippen LogP contribution in [-0.2, 0) is 9.47 Å². The number of hydrogen-bond acceptors (Lipinski definition) is 9. The third-order valence-electron chi connectivity index (χ3n) is 5.53. The van der Waals surface area contributed by atoms with Crippen LogP contribution in [0, 0.1) is 0 Å². The van der Waals surface area contributed by atoms with Crippen molar-refractivity contribution in [2.75, 3.05) is 60.8 Å². The molecule has 1 aromatic heterocycles. The lowest BCUT2D eigenvalue weighted by molar-refractivity contribution is 0.0514. The quantitative estimate of drug-likeness (QED) is 0.226. The molecule has 0 saturated carbocycles. The van der Waals surface area contributed by atoms with E-state index in [9.17, 15) is 4.79 Å². The lowest BCUT2D eigenvalue weighted by atomic mass is 10.2. The van der Waals surface area contributed by atoms with E-state index in [1.54, 1.807) is 13.0 Å². The molecule has 0 atom stereocenters. The smallest absolute Gasteiger partial charge is 0.361 e. The number of nitrogen functional groups attached to an aromatic ring is 1. The maximum atomic E-state index is 12.8. The van der Waals surface area contributed by atoms with Crippen molar-refractivity contribution in [2.45, 2.75) is 13.8 Å². The van der Waals surface area contributed by atoms with Crippen molar-refractivity contribution < 1.29 is 19.0 Å². The molecule has 0 unspecified atom stereocenters. The van der Waals surface area contributed by atoms with E-state index in [-0.39, 0.29) is 12.3 Å². The number of hydrogen-bond donors (Lipinski definition) is 3. The van der Waals surface area contributed by atoms with Crippen molar-refractivity contribution in [3.8, 4) is 17.1 Å². The van der Waals surface area contributed by atoms with Crippen LogP contribution < -0.4 is 26.0 Å². The Morgan fingerprint density at radius 3 is 2.46 bits per heavy atom. The standard InChI is InChI=1S/C26H30N6O4S/c1-3-35-22-21(25(33)36-4-2)30-23(31-24(22)32-13-15-34-16-14-32)17-9-11-18(12-10-17)28-26(37)29-20-8-6-5-7-19(20)27/h5-12H,3-4,13-16,27H2,1-2H3,(H2,28,29,37). The highest BCUT2D eigenvalue weighted by molar-refractivity contribution is 7.80. The summed E-state index contributed by atoms with van der Waals surface area (Å²) >= 11 is 5.42. The molecule has 2 aromatic carbocycles. The molecule has 1 fully saturated rings. The fourth-order valence-corrected chi connectivity index (χ4v) is 4.00. The van der Waals surface area contributed by atoms with Gasteiger partial charge in [-0.25, -0.2) is 14.8 Å². The van der Waals surface area contributed by atoms with Crippen molar-refractivity contribution in [3.05, 3.63) is 54.2 Å². The predicted molar refractivity (Wildman–Crippen MR) is 148 cm³/mol. The maximum Gasteiger partial charge on any atom is 0.361 e. The SMILES string of the molecule is CCOC(=O)c1nc(-c2ccc(NC(=S)Nc3ccccc3N)cc2)nc(N2CCOCC2)c1OCC. The molecule has 1 aliphatic heterocycles. The van der Waals surface area contributed by atoms with Crippen LogP contribution >= 0.6 is 12.2 Å². The summed E-state index contributed by atoms with van der Waals surface area (Å²) in [6.45, 7) is 6.54. The number of carbonyl (C=O) groups is 1. The number of anilines is 4. The molecule has 4 N–H and O–H groups in total. The number of para-hydroxylation sites is 2. The first kappa shape index (κ1) is 26.1. The maximum absolute atomic E-state index is 12.8. The molecule has 10 nitrogen and oxygen atoms in total. The first-order chi connectivity index (χ1) is 18.0. The van der Waals surface area contributed by atoms with E-state index >= 15 is 0 Å². The highest BCUT2D eigenvalue weighted by Gasteiger charge is 2.27. The number of rotatable bonds is 8.